The van der Waals surface area contributed by atoms with Gasteiger partial charge < -0.3 is 9.84 Å². The molecule has 1 N–H and O–H groups in total. The molecule has 1 aliphatic heterocycles. The quantitative estimate of drug-likeness (QED) is 0.855. The van der Waals surface area contributed by atoms with Gasteiger partial charge >= 0.3 is 0 Å². The predicted molar refractivity (Wildman–Crippen MR) is 64.9 cm³/mol. The molecular weight excluding hydrogens is 214 g/mol. The maximum absolute atomic E-state index is 5.45. The second-order valence-electron chi connectivity index (χ2n) is 5.65. The van der Waals surface area contributed by atoms with Crippen LogP contribution in [0.15, 0.2) is 4.52 Å². The molecule has 3 rings (SSSR count). The van der Waals surface area contributed by atoms with Crippen molar-refractivity contribution in [3.8, 4) is 0 Å². The average molecular weight is 235 g/mol. The number of rotatable bonds is 2. The molecule has 1 aromatic rings. The van der Waals surface area contributed by atoms with E-state index in [2.05, 4.69) is 22.4 Å². The van der Waals surface area contributed by atoms with Gasteiger partial charge in [0.15, 0.2) is 5.82 Å². The van der Waals surface area contributed by atoms with Crippen LogP contribution >= 0.6 is 0 Å². The molecule has 2 heterocycles. The lowest BCUT2D eigenvalue weighted by molar-refractivity contribution is 0.318. The Bertz CT molecular complexity index is 351. The summed E-state index contributed by atoms with van der Waals surface area (Å²) in [6, 6.07) is 0. The van der Waals surface area contributed by atoms with Crippen LogP contribution in [-0.4, -0.2) is 23.2 Å². The lowest BCUT2D eigenvalue weighted by atomic mass is 9.99. The van der Waals surface area contributed by atoms with Gasteiger partial charge in [0.05, 0.1) is 5.92 Å². The Morgan fingerprint density at radius 1 is 1.24 bits per heavy atom. The van der Waals surface area contributed by atoms with Crippen molar-refractivity contribution in [2.24, 2.45) is 5.92 Å². The zero-order valence-electron chi connectivity index (χ0n) is 10.5. The maximum Gasteiger partial charge on any atom is 0.231 e. The fourth-order valence-electron chi connectivity index (χ4n) is 3.08. The number of hydrogen-bond donors (Lipinski definition) is 1. The molecule has 1 saturated heterocycles. The summed E-state index contributed by atoms with van der Waals surface area (Å²) in [5.74, 6) is 3.60. The number of aromatic nitrogens is 2. The molecule has 0 aromatic carbocycles. The highest BCUT2D eigenvalue weighted by molar-refractivity contribution is 5.02. The highest BCUT2D eigenvalue weighted by atomic mass is 16.5. The van der Waals surface area contributed by atoms with Crippen LogP contribution in [0.2, 0.25) is 0 Å². The van der Waals surface area contributed by atoms with E-state index in [1.165, 1.54) is 32.1 Å². The van der Waals surface area contributed by atoms with Crippen LogP contribution in [0.25, 0.3) is 0 Å². The number of nitrogens with zero attached hydrogens (tertiary/aromatic N) is 2. The van der Waals surface area contributed by atoms with Crippen molar-refractivity contribution in [1.82, 2.24) is 15.5 Å². The van der Waals surface area contributed by atoms with Gasteiger partial charge in [-0.1, -0.05) is 12.1 Å². The van der Waals surface area contributed by atoms with Gasteiger partial charge in [-0.2, -0.15) is 4.98 Å². The van der Waals surface area contributed by atoms with Crippen LogP contribution in [-0.2, 0) is 0 Å². The third-order valence-electron chi connectivity index (χ3n) is 4.16. The second-order valence-corrected chi connectivity index (χ2v) is 5.65. The zero-order chi connectivity index (χ0) is 11.7. The van der Waals surface area contributed by atoms with Crippen molar-refractivity contribution in [2.45, 2.75) is 50.9 Å². The molecule has 0 bridgehead atoms. The molecule has 2 fully saturated rings. The highest BCUT2D eigenvalue weighted by Crippen LogP contribution is 2.37. The molecule has 2 aliphatic rings. The summed E-state index contributed by atoms with van der Waals surface area (Å²) in [7, 11) is 0. The average Bonchev–Trinajstić information content (AvgIpc) is 2.98. The summed E-state index contributed by atoms with van der Waals surface area (Å²) in [5, 5.41) is 7.59. The van der Waals surface area contributed by atoms with Gasteiger partial charge in [0.2, 0.25) is 5.89 Å². The van der Waals surface area contributed by atoms with Gasteiger partial charge in [-0.3, -0.25) is 0 Å². The Hall–Kier alpha value is -0.900. The first-order valence-corrected chi connectivity index (χ1v) is 6.87. The molecule has 1 saturated carbocycles. The summed E-state index contributed by atoms with van der Waals surface area (Å²) < 4.78 is 5.45. The molecule has 0 spiro atoms. The summed E-state index contributed by atoms with van der Waals surface area (Å²) in [5.41, 5.74) is 0. The Kier molecular flexibility index (Phi) is 3.14. The number of piperidine rings is 1. The molecule has 17 heavy (non-hydrogen) atoms. The topological polar surface area (TPSA) is 51.0 Å². The maximum atomic E-state index is 5.45. The first-order valence-electron chi connectivity index (χ1n) is 6.87. The lowest BCUT2D eigenvalue weighted by Crippen LogP contribution is -2.28. The van der Waals surface area contributed by atoms with Gasteiger partial charge in [0, 0.05) is 12.5 Å². The molecule has 0 radical (unpaired) electrons. The molecule has 4 heteroatoms. The number of hydrogen-bond acceptors (Lipinski definition) is 4. The molecule has 4 nitrogen and oxygen atoms in total. The summed E-state index contributed by atoms with van der Waals surface area (Å²) >= 11 is 0. The van der Waals surface area contributed by atoms with E-state index in [1.54, 1.807) is 0 Å². The molecule has 1 aromatic heterocycles. The van der Waals surface area contributed by atoms with Gasteiger partial charge in [0.1, 0.15) is 0 Å². The minimum atomic E-state index is 0.434. The van der Waals surface area contributed by atoms with Crippen molar-refractivity contribution >= 4 is 0 Å². The minimum Gasteiger partial charge on any atom is -0.339 e. The smallest absolute Gasteiger partial charge is 0.231 e. The SMILES string of the molecule is CC1CCC(c2noc([C@@H]3CCCNC3)n2)C1. The van der Waals surface area contributed by atoms with E-state index < -0.39 is 0 Å². The Balaban J connectivity index is 1.69. The van der Waals surface area contributed by atoms with E-state index in [1.807, 2.05) is 0 Å². The molecule has 1 aliphatic carbocycles. The van der Waals surface area contributed by atoms with Crippen LogP contribution in [0, 0.1) is 5.92 Å². The van der Waals surface area contributed by atoms with Gasteiger partial charge in [-0.15, -0.1) is 0 Å². The molecule has 94 valence electrons. The van der Waals surface area contributed by atoms with Crippen molar-refractivity contribution in [1.29, 1.82) is 0 Å². The fraction of sp³-hybridized carbons (Fsp3) is 0.846. The van der Waals surface area contributed by atoms with Gasteiger partial charge in [-0.25, -0.2) is 0 Å². The first-order chi connectivity index (χ1) is 8.33. The van der Waals surface area contributed by atoms with E-state index >= 15 is 0 Å². The van der Waals surface area contributed by atoms with Gasteiger partial charge in [-0.05, 0) is 44.6 Å². The van der Waals surface area contributed by atoms with E-state index in [9.17, 15) is 0 Å². The van der Waals surface area contributed by atoms with Crippen LogP contribution in [0.1, 0.15) is 62.6 Å². The van der Waals surface area contributed by atoms with Crippen molar-refractivity contribution in [3.63, 3.8) is 0 Å². The molecule has 3 atom stereocenters. The van der Waals surface area contributed by atoms with E-state index in [0.717, 1.165) is 30.7 Å². The van der Waals surface area contributed by atoms with Gasteiger partial charge in [0.25, 0.3) is 0 Å². The fourth-order valence-corrected chi connectivity index (χ4v) is 3.08. The predicted octanol–water partition coefficient (Wildman–Crippen LogP) is 2.44. The van der Waals surface area contributed by atoms with E-state index in [-0.39, 0.29) is 0 Å². The largest absolute Gasteiger partial charge is 0.339 e. The molecule has 0 amide bonds. The van der Waals surface area contributed by atoms with Crippen LogP contribution in [0.4, 0.5) is 0 Å². The van der Waals surface area contributed by atoms with Crippen LogP contribution < -0.4 is 5.32 Å². The lowest BCUT2D eigenvalue weighted by Gasteiger charge is -2.18. The van der Waals surface area contributed by atoms with E-state index in [4.69, 9.17) is 4.52 Å². The summed E-state index contributed by atoms with van der Waals surface area (Å²) in [6.45, 7) is 4.42. The Labute approximate surface area is 102 Å². The monoisotopic (exact) mass is 235 g/mol. The third-order valence-corrected chi connectivity index (χ3v) is 4.16. The number of nitrogens with one attached hydrogen (secondary N) is 1. The van der Waals surface area contributed by atoms with Crippen molar-refractivity contribution in [2.75, 3.05) is 13.1 Å². The van der Waals surface area contributed by atoms with Crippen molar-refractivity contribution in [3.05, 3.63) is 11.7 Å². The second kappa shape index (κ2) is 4.77. The third kappa shape index (κ3) is 2.37. The highest BCUT2D eigenvalue weighted by Gasteiger charge is 2.28. The van der Waals surface area contributed by atoms with E-state index in [0.29, 0.717) is 11.8 Å². The Morgan fingerprint density at radius 3 is 2.88 bits per heavy atom. The first kappa shape index (κ1) is 11.2. The summed E-state index contributed by atoms with van der Waals surface area (Å²) in [6.07, 6.45) is 6.14. The van der Waals surface area contributed by atoms with Crippen molar-refractivity contribution < 1.29 is 4.52 Å². The normalized spacial score (nSPS) is 34.1. The minimum absolute atomic E-state index is 0.434. The molecule has 2 unspecified atom stereocenters. The Morgan fingerprint density at radius 2 is 2.18 bits per heavy atom. The van der Waals surface area contributed by atoms with Crippen LogP contribution in [0.3, 0.4) is 0 Å². The standard InChI is InChI=1S/C13H21N3O/c1-9-4-5-10(7-9)12-15-13(17-16-12)11-3-2-6-14-8-11/h9-11,14H,2-8H2,1H3/t9?,10?,11-/m1/s1. The summed E-state index contributed by atoms with van der Waals surface area (Å²) in [4.78, 5) is 4.63. The zero-order valence-corrected chi connectivity index (χ0v) is 10.5. The molecular formula is C13H21N3O. The van der Waals surface area contributed by atoms with Crippen LogP contribution in [0.5, 0.6) is 0 Å².